The van der Waals surface area contributed by atoms with Crippen LogP contribution in [-0.4, -0.2) is 42.4 Å². The maximum atomic E-state index is 4.65. The second kappa shape index (κ2) is 7.09. The molecule has 1 aliphatic rings. The number of fused-ring (bicyclic) bond motifs is 1. The predicted molar refractivity (Wildman–Crippen MR) is 109 cm³/mol. The highest BCUT2D eigenvalue weighted by molar-refractivity contribution is 5.64. The Bertz CT molecular complexity index is 1090. The van der Waals surface area contributed by atoms with Crippen LogP contribution >= 0.6 is 0 Å². The van der Waals surface area contributed by atoms with Crippen molar-refractivity contribution in [1.82, 2.24) is 29.3 Å². The molecule has 4 aromatic rings. The van der Waals surface area contributed by atoms with E-state index >= 15 is 0 Å². The van der Waals surface area contributed by atoms with Crippen LogP contribution in [0.1, 0.15) is 18.4 Å². The van der Waals surface area contributed by atoms with Gasteiger partial charge in [0, 0.05) is 25.4 Å². The minimum Gasteiger partial charge on any atom is -0.320 e. The number of nitrogens with one attached hydrogen (secondary N) is 1. The highest BCUT2D eigenvalue weighted by Gasteiger charge is 2.13. The van der Waals surface area contributed by atoms with Crippen molar-refractivity contribution < 1.29 is 0 Å². The van der Waals surface area contributed by atoms with E-state index in [1.807, 2.05) is 29.9 Å². The van der Waals surface area contributed by atoms with E-state index in [0.717, 1.165) is 29.1 Å². The Morgan fingerprint density at radius 2 is 1.86 bits per heavy atom. The molecule has 1 aliphatic heterocycles. The lowest BCUT2D eigenvalue weighted by atomic mass is 10.1. The molecule has 1 aromatic carbocycles. The zero-order chi connectivity index (χ0) is 18.9. The summed E-state index contributed by atoms with van der Waals surface area (Å²) in [7, 11) is 1.88. The highest BCUT2D eigenvalue weighted by atomic mass is 15.4. The number of hydrogen-bond acceptors (Lipinski definition) is 5. The summed E-state index contributed by atoms with van der Waals surface area (Å²) in [6, 6.07) is 14.9. The molecule has 4 heterocycles. The van der Waals surface area contributed by atoms with Crippen LogP contribution in [0.4, 0.5) is 11.6 Å². The molecule has 28 heavy (non-hydrogen) atoms. The van der Waals surface area contributed by atoms with Gasteiger partial charge in [0.1, 0.15) is 0 Å². The Labute approximate surface area is 163 Å². The molecule has 5 rings (SSSR count). The topological polar surface area (TPSA) is 63.3 Å². The van der Waals surface area contributed by atoms with Gasteiger partial charge in [0.2, 0.25) is 5.95 Å². The normalized spacial score (nSPS) is 14.8. The number of anilines is 2. The molecule has 0 amide bonds. The summed E-state index contributed by atoms with van der Waals surface area (Å²) in [6.45, 7) is 3.46. The van der Waals surface area contributed by atoms with Crippen molar-refractivity contribution >= 4 is 17.3 Å². The number of pyridine rings is 1. The van der Waals surface area contributed by atoms with E-state index in [0.29, 0.717) is 5.95 Å². The molecule has 1 saturated heterocycles. The third-order valence-corrected chi connectivity index (χ3v) is 5.18. The Balaban J connectivity index is 1.41. The molecule has 0 atom stereocenters. The minimum atomic E-state index is 0.561. The minimum absolute atomic E-state index is 0.561. The van der Waals surface area contributed by atoms with Crippen LogP contribution in [0.5, 0.6) is 0 Å². The van der Waals surface area contributed by atoms with Crippen LogP contribution in [0.2, 0.25) is 0 Å². The molecule has 1 N–H and O–H groups in total. The number of rotatable bonds is 5. The summed E-state index contributed by atoms with van der Waals surface area (Å²) < 4.78 is 3.63. The Hall–Kier alpha value is -3.19. The van der Waals surface area contributed by atoms with Crippen LogP contribution < -0.4 is 5.32 Å². The molecule has 1 fully saturated rings. The molecule has 0 saturated carbocycles. The molecular weight excluding hydrogens is 350 g/mol. The standard InChI is InChI=1S/C21H23N7/c1-26-15-18(13-22-26)23-21-24-20-6-4-5-19(28(20)25-21)17-9-7-16(8-10-17)14-27-11-2-3-12-27/h4-10,13,15H,2-3,11-12,14H2,1H3,(H,23,25). The van der Waals surface area contributed by atoms with E-state index in [2.05, 4.69) is 55.7 Å². The first kappa shape index (κ1) is 16.9. The van der Waals surface area contributed by atoms with Crippen molar-refractivity contribution in [2.24, 2.45) is 7.05 Å². The van der Waals surface area contributed by atoms with Crippen LogP contribution in [0.3, 0.4) is 0 Å². The Morgan fingerprint density at radius 1 is 1.04 bits per heavy atom. The lowest BCUT2D eigenvalue weighted by Crippen LogP contribution is -2.18. The molecule has 0 unspecified atom stereocenters. The quantitative estimate of drug-likeness (QED) is 0.580. The molecule has 0 radical (unpaired) electrons. The van der Waals surface area contributed by atoms with Crippen LogP contribution in [-0.2, 0) is 13.6 Å². The number of likely N-dealkylation sites (tertiary alicyclic amines) is 1. The summed E-state index contributed by atoms with van der Waals surface area (Å²) in [5.41, 5.74) is 5.19. The van der Waals surface area contributed by atoms with Gasteiger partial charge in [-0.15, -0.1) is 5.10 Å². The van der Waals surface area contributed by atoms with Crippen LogP contribution in [0, 0.1) is 0 Å². The van der Waals surface area contributed by atoms with Crippen molar-refractivity contribution in [3.63, 3.8) is 0 Å². The number of aromatic nitrogens is 5. The fraction of sp³-hybridized carbons (Fsp3) is 0.286. The van der Waals surface area contributed by atoms with Gasteiger partial charge in [0.15, 0.2) is 5.65 Å². The number of benzene rings is 1. The Kier molecular flexibility index (Phi) is 4.29. The first-order valence-electron chi connectivity index (χ1n) is 9.68. The predicted octanol–water partition coefficient (Wildman–Crippen LogP) is 3.47. The smallest absolute Gasteiger partial charge is 0.247 e. The molecule has 0 spiro atoms. The zero-order valence-corrected chi connectivity index (χ0v) is 15.9. The van der Waals surface area contributed by atoms with Gasteiger partial charge in [-0.25, -0.2) is 4.52 Å². The van der Waals surface area contributed by atoms with Gasteiger partial charge in [-0.3, -0.25) is 9.58 Å². The van der Waals surface area contributed by atoms with Crippen LogP contribution in [0.25, 0.3) is 16.9 Å². The van der Waals surface area contributed by atoms with Gasteiger partial charge in [-0.1, -0.05) is 30.3 Å². The molecule has 3 aromatic heterocycles. The molecule has 7 heteroatoms. The number of nitrogens with zero attached hydrogens (tertiary/aromatic N) is 6. The van der Waals surface area contributed by atoms with E-state index in [4.69, 9.17) is 0 Å². The van der Waals surface area contributed by atoms with Crippen molar-refractivity contribution in [2.75, 3.05) is 18.4 Å². The third kappa shape index (κ3) is 3.36. The third-order valence-electron chi connectivity index (χ3n) is 5.18. The average molecular weight is 373 g/mol. The van der Waals surface area contributed by atoms with Crippen molar-refractivity contribution in [1.29, 1.82) is 0 Å². The van der Waals surface area contributed by atoms with E-state index in [9.17, 15) is 0 Å². The first-order valence-corrected chi connectivity index (χ1v) is 9.68. The summed E-state index contributed by atoms with van der Waals surface area (Å²) in [5.74, 6) is 0.561. The van der Waals surface area contributed by atoms with Gasteiger partial charge < -0.3 is 5.32 Å². The van der Waals surface area contributed by atoms with Gasteiger partial charge in [0.25, 0.3) is 0 Å². The van der Waals surface area contributed by atoms with E-state index in [1.165, 1.54) is 31.5 Å². The lowest BCUT2D eigenvalue weighted by molar-refractivity contribution is 0.331. The van der Waals surface area contributed by atoms with E-state index in [1.54, 1.807) is 10.9 Å². The largest absolute Gasteiger partial charge is 0.320 e. The number of aryl methyl sites for hydroxylation is 1. The van der Waals surface area contributed by atoms with Gasteiger partial charge >= 0.3 is 0 Å². The first-order chi connectivity index (χ1) is 13.7. The highest BCUT2D eigenvalue weighted by Crippen LogP contribution is 2.23. The summed E-state index contributed by atoms with van der Waals surface area (Å²) in [4.78, 5) is 7.10. The van der Waals surface area contributed by atoms with E-state index in [-0.39, 0.29) is 0 Å². The lowest BCUT2D eigenvalue weighted by Gasteiger charge is -2.14. The van der Waals surface area contributed by atoms with Crippen molar-refractivity contribution in [3.05, 3.63) is 60.4 Å². The fourth-order valence-corrected chi connectivity index (χ4v) is 3.77. The maximum Gasteiger partial charge on any atom is 0.247 e. The second-order valence-electron chi connectivity index (χ2n) is 7.32. The van der Waals surface area contributed by atoms with Gasteiger partial charge in [-0.2, -0.15) is 10.1 Å². The van der Waals surface area contributed by atoms with Crippen molar-refractivity contribution in [3.8, 4) is 11.3 Å². The summed E-state index contributed by atoms with van der Waals surface area (Å²) >= 11 is 0. The molecule has 142 valence electrons. The molecular formula is C21H23N7. The molecule has 0 bridgehead atoms. The second-order valence-corrected chi connectivity index (χ2v) is 7.32. The molecule has 0 aliphatic carbocycles. The van der Waals surface area contributed by atoms with Crippen molar-refractivity contribution in [2.45, 2.75) is 19.4 Å². The summed E-state index contributed by atoms with van der Waals surface area (Å²) in [5, 5.41) is 12.0. The monoisotopic (exact) mass is 373 g/mol. The zero-order valence-electron chi connectivity index (χ0n) is 15.9. The number of hydrogen-bond donors (Lipinski definition) is 1. The van der Waals surface area contributed by atoms with Gasteiger partial charge in [0.05, 0.1) is 17.6 Å². The SMILES string of the molecule is Cn1cc(Nc2nc3cccc(-c4ccc(CN5CCCC5)cc4)n3n2)cn1. The summed E-state index contributed by atoms with van der Waals surface area (Å²) in [6.07, 6.45) is 6.29. The van der Waals surface area contributed by atoms with Crippen LogP contribution in [0.15, 0.2) is 54.9 Å². The Morgan fingerprint density at radius 3 is 2.61 bits per heavy atom. The van der Waals surface area contributed by atoms with Gasteiger partial charge in [-0.05, 0) is 43.6 Å². The maximum absolute atomic E-state index is 4.65. The molecule has 7 nitrogen and oxygen atoms in total. The fourth-order valence-electron chi connectivity index (χ4n) is 3.77. The van der Waals surface area contributed by atoms with E-state index < -0.39 is 0 Å². The average Bonchev–Trinajstić information content (AvgIpc) is 3.44.